The number of aliphatic hydroxyl groups excluding tert-OH is 1. The summed E-state index contributed by atoms with van der Waals surface area (Å²) in [5.74, 6) is 0. The molecular weight excluding hydrogens is 282 g/mol. The Morgan fingerprint density at radius 1 is 1.59 bits per heavy atom. The van der Waals surface area contributed by atoms with Crippen LogP contribution in [0.2, 0.25) is 0 Å². The minimum Gasteiger partial charge on any atom is -0.395 e. The highest BCUT2D eigenvalue weighted by molar-refractivity contribution is 9.10. The van der Waals surface area contributed by atoms with Crippen molar-refractivity contribution >= 4 is 15.9 Å². The average molecular weight is 300 g/mol. The van der Waals surface area contributed by atoms with Gasteiger partial charge in [-0.15, -0.1) is 0 Å². The van der Waals surface area contributed by atoms with E-state index < -0.39 is 0 Å². The van der Waals surface area contributed by atoms with E-state index in [0.29, 0.717) is 12.6 Å². The molecule has 1 aliphatic carbocycles. The van der Waals surface area contributed by atoms with Gasteiger partial charge < -0.3 is 15.2 Å². The summed E-state index contributed by atoms with van der Waals surface area (Å²) in [5, 5.41) is 12.7. The molecule has 1 aliphatic rings. The summed E-state index contributed by atoms with van der Waals surface area (Å²) < 4.78 is 6.21. The van der Waals surface area contributed by atoms with Crippen LogP contribution in [0.15, 0.2) is 22.7 Å². The second-order valence-electron chi connectivity index (χ2n) is 4.44. The maximum atomic E-state index is 9.26. The van der Waals surface area contributed by atoms with Crippen molar-refractivity contribution in [2.24, 2.45) is 0 Å². The van der Waals surface area contributed by atoms with Crippen LogP contribution in [-0.2, 0) is 11.2 Å². The lowest BCUT2D eigenvalue weighted by molar-refractivity contribution is 0.122. The molecule has 17 heavy (non-hydrogen) atoms. The van der Waals surface area contributed by atoms with Gasteiger partial charge in [-0.05, 0) is 36.1 Å². The number of aryl methyl sites for hydroxylation is 1. The molecule has 0 aliphatic heterocycles. The maximum Gasteiger partial charge on any atom is 0.0638 e. The molecule has 2 atom stereocenters. The first-order chi connectivity index (χ1) is 8.24. The number of nitrogens with one attached hydrogen (secondary N) is 1. The fourth-order valence-corrected chi connectivity index (χ4v) is 2.81. The maximum absolute atomic E-state index is 9.26. The van der Waals surface area contributed by atoms with E-state index in [2.05, 4.69) is 39.4 Å². The molecule has 0 saturated carbocycles. The van der Waals surface area contributed by atoms with Crippen molar-refractivity contribution in [2.45, 2.75) is 24.9 Å². The van der Waals surface area contributed by atoms with Gasteiger partial charge in [0.25, 0.3) is 0 Å². The second-order valence-corrected chi connectivity index (χ2v) is 5.35. The smallest absolute Gasteiger partial charge is 0.0638 e. The molecule has 94 valence electrons. The Hall–Kier alpha value is -0.420. The van der Waals surface area contributed by atoms with E-state index in [1.54, 1.807) is 7.11 Å². The Morgan fingerprint density at radius 2 is 2.41 bits per heavy atom. The van der Waals surface area contributed by atoms with Crippen molar-refractivity contribution in [1.82, 2.24) is 5.32 Å². The first-order valence-corrected chi connectivity index (χ1v) is 6.68. The molecule has 0 saturated heterocycles. The molecule has 0 amide bonds. The number of halogens is 1. The lowest BCUT2D eigenvalue weighted by Crippen LogP contribution is -2.38. The van der Waals surface area contributed by atoms with Crippen molar-refractivity contribution in [3.8, 4) is 0 Å². The Morgan fingerprint density at radius 3 is 3.12 bits per heavy atom. The van der Waals surface area contributed by atoms with Crippen LogP contribution in [0.5, 0.6) is 0 Å². The van der Waals surface area contributed by atoms with Gasteiger partial charge in [-0.25, -0.2) is 0 Å². The summed E-state index contributed by atoms with van der Waals surface area (Å²) >= 11 is 3.49. The van der Waals surface area contributed by atoms with E-state index in [-0.39, 0.29) is 12.6 Å². The molecule has 0 aromatic heterocycles. The van der Waals surface area contributed by atoms with Crippen LogP contribution >= 0.6 is 15.9 Å². The highest BCUT2D eigenvalue weighted by Gasteiger charge is 2.24. The van der Waals surface area contributed by atoms with E-state index in [0.717, 1.165) is 17.3 Å². The van der Waals surface area contributed by atoms with Crippen LogP contribution in [0.1, 0.15) is 23.6 Å². The summed E-state index contributed by atoms with van der Waals surface area (Å²) in [6.07, 6.45) is 2.18. The number of methoxy groups -OCH3 is 1. The molecule has 2 rings (SSSR count). The first kappa shape index (κ1) is 13.0. The van der Waals surface area contributed by atoms with Crippen molar-refractivity contribution in [1.29, 1.82) is 0 Å². The summed E-state index contributed by atoms with van der Waals surface area (Å²) in [6.45, 7) is 0.648. The van der Waals surface area contributed by atoms with Gasteiger partial charge >= 0.3 is 0 Å². The Balaban J connectivity index is 2.06. The summed E-state index contributed by atoms with van der Waals surface area (Å²) in [6, 6.07) is 6.76. The Labute approximate surface area is 110 Å². The summed E-state index contributed by atoms with van der Waals surface area (Å²) in [4.78, 5) is 0. The normalized spacial score (nSPS) is 20.3. The van der Waals surface area contributed by atoms with E-state index >= 15 is 0 Å². The zero-order valence-electron chi connectivity index (χ0n) is 9.95. The quantitative estimate of drug-likeness (QED) is 0.874. The Kier molecular flexibility index (Phi) is 4.56. The molecular formula is C13H18BrNO2. The molecule has 1 aromatic carbocycles. The number of benzene rings is 1. The Bertz CT molecular complexity index is 384. The van der Waals surface area contributed by atoms with Crippen molar-refractivity contribution in [3.63, 3.8) is 0 Å². The molecule has 4 heteroatoms. The van der Waals surface area contributed by atoms with Crippen LogP contribution in [0.25, 0.3) is 0 Å². The molecule has 3 nitrogen and oxygen atoms in total. The lowest BCUT2D eigenvalue weighted by atomic mass is 10.1. The number of ether oxygens (including phenoxy) is 1. The van der Waals surface area contributed by atoms with Crippen molar-refractivity contribution in [3.05, 3.63) is 33.8 Å². The van der Waals surface area contributed by atoms with Gasteiger partial charge in [0.1, 0.15) is 0 Å². The zero-order valence-corrected chi connectivity index (χ0v) is 11.5. The fraction of sp³-hybridized carbons (Fsp3) is 0.538. The minimum atomic E-state index is 0.0135. The molecule has 0 heterocycles. The number of aliphatic hydroxyl groups is 1. The predicted molar refractivity (Wildman–Crippen MR) is 71.1 cm³/mol. The third kappa shape index (κ3) is 3.07. The number of rotatable bonds is 5. The molecule has 0 radical (unpaired) electrons. The summed E-state index contributed by atoms with van der Waals surface area (Å²) in [5.41, 5.74) is 2.74. The van der Waals surface area contributed by atoms with E-state index in [1.165, 1.54) is 11.1 Å². The van der Waals surface area contributed by atoms with Gasteiger partial charge in [0.15, 0.2) is 0 Å². The molecule has 2 N–H and O–H groups in total. The first-order valence-electron chi connectivity index (χ1n) is 5.88. The van der Waals surface area contributed by atoms with Crippen LogP contribution in [0, 0.1) is 0 Å². The topological polar surface area (TPSA) is 41.5 Å². The second kappa shape index (κ2) is 5.96. The highest BCUT2D eigenvalue weighted by atomic mass is 79.9. The van der Waals surface area contributed by atoms with Crippen molar-refractivity contribution < 1.29 is 9.84 Å². The van der Waals surface area contributed by atoms with E-state index in [9.17, 15) is 5.11 Å². The summed E-state index contributed by atoms with van der Waals surface area (Å²) in [7, 11) is 1.66. The predicted octanol–water partition coefficient (Wildman–Crippen LogP) is 2.03. The van der Waals surface area contributed by atoms with Gasteiger partial charge in [0, 0.05) is 17.6 Å². The number of fused-ring (bicyclic) bond motifs is 1. The standard InChI is InChI=1S/C13H18BrNO2/c1-17-8-11(7-16)15-13-5-2-9-6-10(14)3-4-12(9)13/h3-4,6,11,13,15-16H,2,5,7-8H2,1H3. The molecule has 2 unspecified atom stereocenters. The molecule has 0 fully saturated rings. The monoisotopic (exact) mass is 299 g/mol. The van der Waals surface area contributed by atoms with Crippen LogP contribution < -0.4 is 5.32 Å². The van der Waals surface area contributed by atoms with Crippen LogP contribution in [0.4, 0.5) is 0 Å². The third-order valence-electron chi connectivity index (χ3n) is 3.21. The van der Waals surface area contributed by atoms with E-state index in [4.69, 9.17) is 4.74 Å². The minimum absolute atomic E-state index is 0.0135. The molecule has 0 spiro atoms. The zero-order chi connectivity index (χ0) is 12.3. The van der Waals surface area contributed by atoms with E-state index in [1.807, 2.05) is 0 Å². The van der Waals surface area contributed by atoms with Gasteiger partial charge in [-0.3, -0.25) is 0 Å². The largest absolute Gasteiger partial charge is 0.395 e. The van der Waals surface area contributed by atoms with Gasteiger partial charge in [-0.1, -0.05) is 22.0 Å². The van der Waals surface area contributed by atoms with Crippen LogP contribution in [0.3, 0.4) is 0 Å². The molecule has 0 bridgehead atoms. The van der Waals surface area contributed by atoms with Crippen molar-refractivity contribution in [2.75, 3.05) is 20.3 Å². The van der Waals surface area contributed by atoms with Gasteiger partial charge in [0.05, 0.1) is 19.3 Å². The number of hydrogen-bond donors (Lipinski definition) is 2. The lowest BCUT2D eigenvalue weighted by Gasteiger charge is -2.21. The van der Waals surface area contributed by atoms with Crippen LogP contribution in [-0.4, -0.2) is 31.5 Å². The van der Waals surface area contributed by atoms with Gasteiger partial charge in [0.2, 0.25) is 0 Å². The average Bonchev–Trinajstić information content (AvgIpc) is 2.71. The highest BCUT2D eigenvalue weighted by Crippen LogP contribution is 2.33. The third-order valence-corrected chi connectivity index (χ3v) is 3.70. The molecule has 1 aromatic rings. The van der Waals surface area contributed by atoms with Gasteiger partial charge in [-0.2, -0.15) is 0 Å². The fourth-order valence-electron chi connectivity index (χ4n) is 2.40. The SMILES string of the molecule is COCC(CO)NC1CCc2cc(Br)ccc21. The number of hydrogen-bond acceptors (Lipinski definition) is 3.